The van der Waals surface area contributed by atoms with Crippen LogP contribution < -0.4 is 5.32 Å². The molecule has 0 aromatic carbocycles. The second-order valence-electron chi connectivity index (χ2n) is 5.82. The van der Waals surface area contributed by atoms with Gasteiger partial charge in [-0.1, -0.05) is 19.8 Å². The third kappa shape index (κ3) is 2.42. The number of furan rings is 1. The van der Waals surface area contributed by atoms with Gasteiger partial charge in [-0.2, -0.15) is 9.50 Å². The van der Waals surface area contributed by atoms with Gasteiger partial charge in [-0.3, -0.25) is 4.79 Å². The highest BCUT2D eigenvalue weighted by Crippen LogP contribution is 2.23. The van der Waals surface area contributed by atoms with E-state index in [9.17, 15) is 4.79 Å². The third-order valence-electron chi connectivity index (χ3n) is 4.27. The van der Waals surface area contributed by atoms with E-state index in [1.165, 1.54) is 17.4 Å². The van der Waals surface area contributed by atoms with Crippen molar-refractivity contribution < 1.29 is 13.6 Å². The van der Waals surface area contributed by atoms with E-state index in [-0.39, 0.29) is 11.9 Å². The van der Waals surface area contributed by atoms with Crippen molar-refractivity contribution in [3.63, 3.8) is 0 Å². The van der Waals surface area contributed by atoms with Crippen LogP contribution in [0.4, 0.5) is 0 Å². The van der Waals surface area contributed by atoms with Crippen LogP contribution in [0.3, 0.4) is 0 Å². The Kier molecular flexibility index (Phi) is 3.40. The molecule has 0 unspecified atom stereocenters. The van der Waals surface area contributed by atoms with Crippen molar-refractivity contribution in [1.82, 2.24) is 19.9 Å². The number of nitrogens with one attached hydrogen (secondary N) is 1. The molecule has 7 nitrogen and oxygen atoms in total. The summed E-state index contributed by atoms with van der Waals surface area (Å²) in [6.07, 6.45) is 8.13. The molecule has 7 heteroatoms. The highest BCUT2D eigenvalue weighted by molar-refractivity contribution is 5.94. The maximum atomic E-state index is 12.7. The molecule has 0 atom stereocenters. The van der Waals surface area contributed by atoms with Crippen molar-refractivity contribution in [2.45, 2.75) is 45.1 Å². The Morgan fingerprint density at radius 3 is 2.96 bits per heavy atom. The van der Waals surface area contributed by atoms with E-state index in [1.54, 1.807) is 18.6 Å². The van der Waals surface area contributed by atoms with Gasteiger partial charge in [-0.25, -0.2) is 0 Å². The molecule has 0 saturated heterocycles. The van der Waals surface area contributed by atoms with E-state index in [4.69, 9.17) is 8.83 Å². The Labute approximate surface area is 132 Å². The zero-order chi connectivity index (χ0) is 15.8. The summed E-state index contributed by atoms with van der Waals surface area (Å²) in [4.78, 5) is 17.0. The maximum absolute atomic E-state index is 12.7. The highest BCUT2D eigenvalue weighted by atomic mass is 16.4. The van der Waals surface area contributed by atoms with Gasteiger partial charge in [0, 0.05) is 12.5 Å². The van der Waals surface area contributed by atoms with E-state index >= 15 is 0 Å². The predicted molar refractivity (Wildman–Crippen MR) is 82.1 cm³/mol. The maximum Gasteiger partial charge on any atom is 0.325 e. The van der Waals surface area contributed by atoms with Gasteiger partial charge in [-0.15, -0.1) is 5.10 Å². The molecule has 1 saturated carbocycles. The topological polar surface area (TPSA) is 85.6 Å². The van der Waals surface area contributed by atoms with Crippen LogP contribution in [0.5, 0.6) is 0 Å². The lowest BCUT2D eigenvalue weighted by atomic mass is 10.2. The molecular weight excluding hydrogens is 296 g/mol. The predicted octanol–water partition coefficient (Wildman–Crippen LogP) is 2.82. The zero-order valence-corrected chi connectivity index (χ0v) is 12.9. The van der Waals surface area contributed by atoms with Gasteiger partial charge in [-0.05, 0) is 18.9 Å². The standard InChI is InChI=1S/C16H18N4O3/c1-2-12-13(15(21)17-11-5-3-4-6-11)20-16(23-12)18-14(19-20)10-7-8-22-9-10/h7-9,11H,2-6H2,1H3,(H,17,21). The first kappa shape index (κ1) is 14.0. The van der Waals surface area contributed by atoms with Crippen molar-refractivity contribution in [3.05, 3.63) is 30.0 Å². The monoisotopic (exact) mass is 314 g/mol. The van der Waals surface area contributed by atoms with Gasteiger partial charge >= 0.3 is 5.84 Å². The average Bonchev–Trinajstić information content (AvgIpc) is 3.29. The molecule has 1 aliphatic rings. The Balaban J connectivity index is 1.72. The Morgan fingerprint density at radius 1 is 1.43 bits per heavy atom. The minimum absolute atomic E-state index is 0.142. The van der Waals surface area contributed by atoms with Crippen LogP contribution in [0.2, 0.25) is 0 Å². The summed E-state index contributed by atoms with van der Waals surface area (Å²) < 4.78 is 12.3. The lowest BCUT2D eigenvalue weighted by molar-refractivity contribution is 0.0929. The number of amides is 1. The van der Waals surface area contributed by atoms with E-state index < -0.39 is 0 Å². The summed E-state index contributed by atoms with van der Waals surface area (Å²) in [5.74, 6) is 1.27. The second kappa shape index (κ2) is 5.57. The van der Waals surface area contributed by atoms with Crippen LogP contribution in [0.15, 0.2) is 27.4 Å². The van der Waals surface area contributed by atoms with Crippen LogP contribution >= 0.6 is 0 Å². The van der Waals surface area contributed by atoms with Crippen LogP contribution in [-0.4, -0.2) is 26.5 Å². The Morgan fingerprint density at radius 2 is 2.26 bits per heavy atom. The van der Waals surface area contributed by atoms with Crippen molar-refractivity contribution in [2.75, 3.05) is 0 Å². The molecule has 3 aromatic rings. The van der Waals surface area contributed by atoms with Crippen LogP contribution in [0.1, 0.15) is 48.9 Å². The SMILES string of the molecule is CCc1oc2nc(-c3ccoc3)nn2c1C(=O)NC1CCCC1. The summed E-state index contributed by atoms with van der Waals surface area (Å²) >= 11 is 0. The van der Waals surface area contributed by atoms with Crippen molar-refractivity contribution in [1.29, 1.82) is 0 Å². The Hall–Kier alpha value is -2.57. The number of fused-ring (bicyclic) bond motifs is 1. The number of hydrogen-bond donors (Lipinski definition) is 1. The highest BCUT2D eigenvalue weighted by Gasteiger charge is 2.26. The number of carbonyl (C=O) groups excluding carboxylic acids is 1. The van der Waals surface area contributed by atoms with Crippen molar-refractivity contribution >= 4 is 11.8 Å². The summed E-state index contributed by atoms with van der Waals surface area (Å²) in [6.45, 7) is 1.95. The lowest BCUT2D eigenvalue weighted by Crippen LogP contribution is -2.34. The van der Waals surface area contributed by atoms with Gasteiger partial charge < -0.3 is 14.2 Å². The molecule has 0 radical (unpaired) electrons. The van der Waals surface area contributed by atoms with Crippen molar-refractivity contribution in [2.24, 2.45) is 0 Å². The first-order valence-corrected chi connectivity index (χ1v) is 7.98. The molecule has 120 valence electrons. The number of aromatic nitrogens is 3. The number of carbonyl (C=O) groups is 1. The number of aryl methyl sites for hydroxylation is 1. The molecule has 0 bridgehead atoms. The van der Waals surface area contributed by atoms with Gasteiger partial charge in [0.05, 0.1) is 11.8 Å². The normalized spacial score (nSPS) is 15.5. The first-order valence-electron chi connectivity index (χ1n) is 7.98. The van der Waals surface area contributed by atoms with Gasteiger partial charge in [0.1, 0.15) is 12.0 Å². The lowest BCUT2D eigenvalue weighted by Gasteiger charge is -2.11. The number of hydrogen-bond acceptors (Lipinski definition) is 5. The fraction of sp³-hybridized carbons (Fsp3) is 0.438. The summed E-state index contributed by atoms with van der Waals surface area (Å²) in [5, 5.41) is 7.50. The molecule has 3 aromatic heterocycles. The molecule has 23 heavy (non-hydrogen) atoms. The molecule has 1 aliphatic carbocycles. The molecule has 0 aliphatic heterocycles. The molecule has 3 heterocycles. The largest absolute Gasteiger partial charge is 0.472 e. The van der Waals surface area contributed by atoms with Gasteiger partial charge in [0.25, 0.3) is 5.91 Å². The number of oxazole rings is 1. The van der Waals surface area contributed by atoms with E-state index in [2.05, 4.69) is 15.4 Å². The molecular formula is C16H18N4O3. The fourth-order valence-corrected chi connectivity index (χ4v) is 3.09. The summed E-state index contributed by atoms with van der Waals surface area (Å²) in [6, 6.07) is 2.02. The van der Waals surface area contributed by atoms with Crippen molar-refractivity contribution in [3.8, 4) is 11.4 Å². The van der Waals surface area contributed by atoms with E-state index in [0.717, 1.165) is 18.4 Å². The number of rotatable bonds is 4. The summed E-state index contributed by atoms with van der Waals surface area (Å²) in [7, 11) is 0. The van der Waals surface area contributed by atoms with Gasteiger partial charge in [0.2, 0.25) is 0 Å². The second-order valence-corrected chi connectivity index (χ2v) is 5.82. The number of nitrogens with zero attached hydrogens (tertiary/aromatic N) is 3. The third-order valence-corrected chi connectivity index (χ3v) is 4.27. The molecule has 1 amide bonds. The van der Waals surface area contributed by atoms with E-state index in [1.807, 2.05) is 6.92 Å². The Bertz CT molecular complexity index is 825. The van der Waals surface area contributed by atoms with Crippen LogP contribution in [0.25, 0.3) is 17.2 Å². The first-order chi connectivity index (χ1) is 11.3. The average molecular weight is 314 g/mol. The zero-order valence-electron chi connectivity index (χ0n) is 12.9. The molecule has 1 fully saturated rings. The molecule has 0 spiro atoms. The smallest absolute Gasteiger partial charge is 0.325 e. The molecule has 4 rings (SSSR count). The van der Waals surface area contributed by atoms with Crippen LogP contribution in [-0.2, 0) is 6.42 Å². The van der Waals surface area contributed by atoms with Gasteiger partial charge in [0.15, 0.2) is 11.5 Å². The summed E-state index contributed by atoms with van der Waals surface area (Å²) in [5.41, 5.74) is 1.20. The molecule has 1 N–H and O–H groups in total. The minimum atomic E-state index is -0.142. The fourth-order valence-electron chi connectivity index (χ4n) is 3.09. The van der Waals surface area contributed by atoms with Crippen LogP contribution in [0, 0.1) is 0 Å². The minimum Gasteiger partial charge on any atom is -0.472 e. The quantitative estimate of drug-likeness (QED) is 0.800. The van der Waals surface area contributed by atoms with E-state index in [0.29, 0.717) is 29.5 Å².